The van der Waals surface area contributed by atoms with E-state index in [0.717, 1.165) is 34.6 Å². The molecule has 4 aliphatic rings. The van der Waals surface area contributed by atoms with E-state index in [0.29, 0.717) is 11.7 Å². The van der Waals surface area contributed by atoms with Gasteiger partial charge in [0.15, 0.2) is 0 Å². The van der Waals surface area contributed by atoms with Gasteiger partial charge in [0, 0.05) is 10.9 Å². The topological polar surface area (TPSA) is 20.2 Å². The molecule has 1 aromatic carbocycles. The van der Waals surface area contributed by atoms with Crippen LogP contribution in [0.25, 0.3) is 0 Å². The van der Waals surface area contributed by atoms with Crippen molar-refractivity contribution in [3.63, 3.8) is 0 Å². The van der Waals surface area contributed by atoms with Gasteiger partial charge in [0.05, 0.1) is 0 Å². The maximum absolute atomic E-state index is 10.2. The number of hydrogen-bond donors (Lipinski definition) is 1. The van der Waals surface area contributed by atoms with Crippen LogP contribution in [-0.2, 0) is 5.33 Å². The standard InChI is InChI=1S/C18H23BrO/c1-10-2-3-16(20)15(9-19)17(10)18-13-5-11-4-12(7-13)8-14(18)6-11/h2-3,11-14,18,20H,4-9H2,1H3. The van der Waals surface area contributed by atoms with E-state index in [1.807, 2.05) is 6.07 Å². The van der Waals surface area contributed by atoms with Crippen molar-refractivity contribution < 1.29 is 5.11 Å². The van der Waals surface area contributed by atoms with Gasteiger partial charge in [-0.2, -0.15) is 0 Å². The number of benzene rings is 1. The molecule has 108 valence electrons. The van der Waals surface area contributed by atoms with Gasteiger partial charge < -0.3 is 5.11 Å². The molecule has 0 amide bonds. The summed E-state index contributed by atoms with van der Waals surface area (Å²) in [6.07, 6.45) is 7.26. The van der Waals surface area contributed by atoms with Gasteiger partial charge in [-0.25, -0.2) is 0 Å². The van der Waals surface area contributed by atoms with Crippen molar-refractivity contribution in [2.45, 2.75) is 50.3 Å². The van der Waals surface area contributed by atoms with Gasteiger partial charge >= 0.3 is 0 Å². The summed E-state index contributed by atoms with van der Waals surface area (Å²) in [5.41, 5.74) is 4.02. The monoisotopic (exact) mass is 334 g/mol. The lowest BCUT2D eigenvalue weighted by atomic mass is 9.50. The van der Waals surface area contributed by atoms with Gasteiger partial charge in [0.25, 0.3) is 0 Å². The van der Waals surface area contributed by atoms with Crippen molar-refractivity contribution >= 4 is 15.9 Å². The van der Waals surface area contributed by atoms with E-state index in [1.54, 1.807) is 0 Å². The van der Waals surface area contributed by atoms with Crippen molar-refractivity contribution in [3.05, 3.63) is 28.8 Å². The van der Waals surface area contributed by atoms with Crippen LogP contribution in [0, 0.1) is 30.6 Å². The number of phenols is 1. The molecule has 2 heteroatoms. The molecule has 4 aliphatic carbocycles. The lowest BCUT2D eigenvalue weighted by Crippen LogP contribution is -2.44. The molecule has 0 atom stereocenters. The highest BCUT2D eigenvalue weighted by molar-refractivity contribution is 9.08. The highest BCUT2D eigenvalue weighted by Crippen LogP contribution is 2.60. The number of alkyl halides is 1. The summed E-state index contributed by atoms with van der Waals surface area (Å²) in [7, 11) is 0. The molecule has 0 spiro atoms. The zero-order chi connectivity index (χ0) is 13.9. The van der Waals surface area contributed by atoms with Crippen molar-refractivity contribution in [1.82, 2.24) is 0 Å². The van der Waals surface area contributed by atoms with Crippen LogP contribution in [0.1, 0.15) is 54.7 Å². The van der Waals surface area contributed by atoms with Crippen LogP contribution in [0.5, 0.6) is 5.75 Å². The Morgan fingerprint density at radius 2 is 1.65 bits per heavy atom. The Morgan fingerprint density at radius 3 is 2.20 bits per heavy atom. The highest BCUT2D eigenvalue weighted by atomic mass is 79.9. The minimum atomic E-state index is 0.483. The molecule has 20 heavy (non-hydrogen) atoms. The van der Waals surface area contributed by atoms with E-state index >= 15 is 0 Å². The molecule has 0 aromatic heterocycles. The Kier molecular flexibility index (Phi) is 3.14. The van der Waals surface area contributed by atoms with Crippen LogP contribution in [0.2, 0.25) is 0 Å². The Hall–Kier alpha value is -0.500. The quantitative estimate of drug-likeness (QED) is 0.743. The summed E-state index contributed by atoms with van der Waals surface area (Å²) in [6.45, 7) is 2.23. The maximum atomic E-state index is 10.2. The van der Waals surface area contributed by atoms with Crippen LogP contribution in [0.15, 0.2) is 12.1 Å². The molecule has 0 radical (unpaired) electrons. The molecule has 0 heterocycles. The molecule has 0 aliphatic heterocycles. The van der Waals surface area contributed by atoms with E-state index in [4.69, 9.17) is 0 Å². The van der Waals surface area contributed by atoms with E-state index in [-0.39, 0.29) is 0 Å². The molecular formula is C18H23BrO. The minimum Gasteiger partial charge on any atom is -0.508 e. The van der Waals surface area contributed by atoms with Crippen molar-refractivity contribution in [3.8, 4) is 5.75 Å². The zero-order valence-corrected chi connectivity index (χ0v) is 13.7. The fraction of sp³-hybridized carbons (Fsp3) is 0.667. The van der Waals surface area contributed by atoms with Crippen LogP contribution in [-0.4, -0.2) is 5.11 Å². The molecular weight excluding hydrogens is 312 g/mol. The minimum absolute atomic E-state index is 0.483. The Bertz CT molecular complexity index is 508. The molecule has 4 saturated carbocycles. The summed E-state index contributed by atoms with van der Waals surface area (Å²) in [5.74, 6) is 4.98. The van der Waals surface area contributed by atoms with Gasteiger partial charge in [-0.05, 0) is 85.8 Å². The second-order valence-corrected chi connectivity index (χ2v) is 7.94. The average Bonchev–Trinajstić information content (AvgIpc) is 2.41. The van der Waals surface area contributed by atoms with Crippen molar-refractivity contribution in [2.24, 2.45) is 23.7 Å². The molecule has 0 unspecified atom stereocenters. The smallest absolute Gasteiger partial charge is 0.119 e. The number of aryl methyl sites for hydroxylation is 1. The summed E-state index contributed by atoms with van der Waals surface area (Å²) >= 11 is 3.60. The third kappa shape index (κ3) is 1.87. The van der Waals surface area contributed by atoms with E-state index in [9.17, 15) is 5.11 Å². The SMILES string of the molecule is Cc1ccc(O)c(CBr)c1C1C2CC3CC(C2)CC1C3. The molecule has 0 saturated heterocycles. The van der Waals surface area contributed by atoms with Gasteiger partial charge in [-0.3, -0.25) is 0 Å². The summed E-state index contributed by atoms with van der Waals surface area (Å²) in [4.78, 5) is 0. The normalized spacial score (nSPS) is 38.4. The second-order valence-electron chi connectivity index (χ2n) is 7.38. The van der Waals surface area contributed by atoms with Gasteiger partial charge in [-0.1, -0.05) is 22.0 Å². The van der Waals surface area contributed by atoms with Crippen LogP contribution >= 0.6 is 15.9 Å². The molecule has 1 aromatic rings. The van der Waals surface area contributed by atoms with E-state index < -0.39 is 0 Å². The number of aromatic hydroxyl groups is 1. The van der Waals surface area contributed by atoms with Crippen LogP contribution in [0.4, 0.5) is 0 Å². The largest absolute Gasteiger partial charge is 0.508 e. The first-order valence-corrected chi connectivity index (χ1v) is 9.16. The fourth-order valence-corrected chi connectivity index (χ4v) is 6.36. The lowest BCUT2D eigenvalue weighted by molar-refractivity contribution is -0.00325. The van der Waals surface area contributed by atoms with E-state index in [1.165, 1.54) is 43.2 Å². The first kappa shape index (κ1) is 13.2. The molecule has 5 rings (SSSR count). The third-order valence-electron chi connectivity index (χ3n) is 6.24. The van der Waals surface area contributed by atoms with Crippen LogP contribution < -0.4 is 0 Å². The predicted octanol–water partition coefficient (Wildman–Crippen LogP) is 5.14. The first-order valence-electron chi connectivity index (χ1n) is 8.04. The number of hydrogen-bond acceptors (Lipinski definition) is 1. The molecule has 1 N–H and O–H groups in total. The average molecular weight is 335 g/mol. The fourth-order valence-electron chi connectivity index (χ4n) is 5.77. The summed E-state index contributed by atoms with van der Waals surface area (Å²) in [5, 5.41) is 11.0. The van der Waals surface area contributed by atoms with Gasteiger partial charge in [0.1, 0.15) is 5.75 Å². The Labute approximate surface area is 129 Å². The first-order chi connectivity index (χ1) is 9.67. The predicted molar refractivity (Wildman–Crippen MR) is 85.3 cm³/mol. The molecule has 1 nitrogen and oxygen atoms in total. The van der Waals surface area contributed by atoms with Crippen LogP contribution in [0.3, 0.4) is 0 Å². The summed E-state index contributed by atoms with van der Waals surface area (Å²) in [6, 6.07) is 3.98. The van der Waals surface area contributed by atoms with Crippen molar-refractivity contribution in [2.75, 3.05) is 0 Å². The lowest BCUT2D eigenvalue weighted by Gasteiger charge is -2.55. The maximum Gasteiger partial charge on any atom is 0.119 e. The Morgan fingerprint density at radius 1 is 1.05 bits per heavy atom. The number of halogens is 1. The zero-order valence-electron chi connectivity index (χ0n) is 12.1. The third-order valence-corrected chi connectivity index (χ3v) is 6.80. The number of rotatable bonds is 2. The van der Waals surface area contributed by atoms with Gasteiger partial charge in [-0.15, -0.1) is 0 Å². The van der Waals surface area contributed by atoms with Crippen molar-refractivity contribution in [1.29, 1.82) is 0 Å². The Balaban J connectivity index is 1.80. The molecule has 4 bridgehead atoms. The summed E-state index contributed by atoms with van der Waals surface area (Å²) < 4.78 is 0. The number of phenolic OH excluding ortho intramolecular Hbond substituents is 1. The second kappa shape index (κ2) is 4.76. The molecule has 4 fully saturated rings. The van der Waals surface area contributed by atoms with E-state index in [2.05, 4.69) is 28.9 Å². The van der Waals surface area contributed by atoms with Gasteiger partial charge in [0.2, 0.25) is 0 Å². The highest BCUT2D eigenvalue weighted by Gasteiger charge is 2.49.